The first-order valence-corrected chi connectivity index (χ1v) is 31.0. The summed E-state index contributed by atoms with van der Waals surface area (Å²) in [6, 6.07) is 106. The minimum Gasteiger partial charge on any atom is -0.311 e. The molecule has 7 heteroatoms. The highest BCUT2D eigenvalue weighted by Gasteiger charge is 2.28. The molecule has 0 unspecified atom stereocenters. The molecule has 0 N–H and O–H groups in total. The molecule has 14 rings (SSSR count). The molecule has 0 atom stereocenters. The Morgan fingerprint density at radius 1 is 0.349 bits per heavy atom. The molecule has 2 heterocycles. The predicted molar refractivity (Wildman–Crippen MR) is 350 cm³/mol. The summed E-state index contributed by atoms with van der Waals surface area (Å²) in [5.74, 6) is 0. The Hall–Kier alpha value is -11.0. The van der Waals surface area contributed by atoms with Gasteiger partial charge in [-0.25, -0.2) is 4.85 Å². The van der Waals surface area contributed by atoms with Crippen LogP contribution in [-0.4, -0.2) is 17.2 Å². The number of nitriles is 1. The zero-order valence-electron chi connectivity index (χ0n) is 45.9. The molecule has 2 aromatic heterocycles. The van der Waals surface area contributed by atoms with E-state index in [1.54, 1.807) is 0 Å². The maximum atomic E-state index is 9.81. The van der Waals surface area contributed by atoms with Gasteiger partial charge < -0.3 is 18.9 Å². The second-order valence-corrected chi connectivity index (χ2v) is 26.0. The molecule has 0 aliphatic rings. The van der Waals surface area contributed by atoms with Crippen molar-refractivity contribution in [2.75, 3.05) is 9.80 Å². The Morgan fingerprint density at radius 2 is 0.723 bits per heavy atom. The lowest BCUT2D eigenvalue weighted by atomic mass is 10.0. The average molecular weight is 1080 g/mol. The molecule has 0 bridgehead atoms. The molecule has 83 heavy (non-hydrogen) atoms. The Labute approximate surface area is 484 Å². The van der Waals surface area contributed by atoms with Gasteiger partial charge in [0.1, 0.15) is 8.07 Å². The van der Waals surface area contributed by atoms with Gasteiger partial charge in [-0.3, -0.25) is 0 Å². The molecule has 14 aromatic rings. The maximum Gasteiger partial charge on any atom is 0.187 e. The van der Waals surface area contributed by atoms with E-state index < -0.39 is 8.07 Å². The van der Waals surface area contributed by atoms with Crippen molar-refractivity contribution < 1.29 is 0 Å². The van der Waals surface area contributed by atoms with Crippen LogP contribution >= 0.6 is 0 Å². The Morgan fingerprint density at radius 3 is 1.17 bits per heavy atom. The van der Waals surface area contributed by atoms with E-state index in [0.29, 0.717) is 11.3 Å². The third-order valence-corrected chi connectivity index (χ3v) is 19.9. The van der Waals surface area contributed by atoms with E-state index in [1.165, 1.54) is 26.5 Å². The SMILES string of the molecule is [C-]#[N+]c1ccc(N(c2cccc(-c3cccc([Si](C)(C)c4cccc(-c5cccc(N(c6ccc(C#N)cc6)c6ccc7c(c6)c6ccccc6n7-c6ccccc6)c5)c4)c3)c2)c2ccc3c(c2)c2ccccc2n3-c2ccccc2)cc1. The van der Waals surface area contributed by atoms with Gasteiger partial charge in [0.05, 0.1) is 40.3 Å². The van der Waals surface area contributed by atoms with Crippen molar-refractivity contribution in [2.24, 2.45) is 0 Å². The fraction of sp³-hybridized carbons (Fsp3) is 0.0263. The first kappa shape index (κ1) is 50.3. The molecule has 0 spiro atoms. The Bertz CT molecular complexity index is 4540. The van der Waals surface area contributed by atoms with E-state index in [-0.39, 0.29) is 0 Å². The highest BCUT2D eigenvalue weighted by atomic mass is 28.3. The fourth-order valence-corrected chi connectivity index (χ4v) is 14.5. The summed E-state index contributed by atoms with van der Waals surface area (Å²) >= 11 is 0. The van der Waals surface area contributed by atoms with Crippen LogP contribution in [0.2, 0.25) is 13.1 Å². The van der Waals surface area contributed by atoms with Gasteiger partial charge in [-0.15, -0.1) is 0 Å². The molecule has 392 valence electrons. The number of para-hydroxylation sites is 4. The van der Waals surface area contributed by atoms with Crippen molar-refractivity contribution in [1.29, 1.82) is 5.26 Å². The van der Waals surface area contributed by atoms with E-state index in [2.05, 4.69) is 298 Å². The van der Waals surface area contributed by atoms with Crippen LogP contribution < -0.4 is 20.2 Å². The largest absolute Gasteiger partial charge is 0.311 e. The van der Waals surface area contributed by atoms with Gasteiger partial charge in [0.25, 0.3) is 0 Å². The van der Waals surface area contributed by atoms with E-state index in [1.807, 2.05) is 36.4 Å². The van der Waals surface area contributed by atoms with Crippen LogP contribution in [0.1, 0.15) is 5.56 Å². The fourth-order valence-electron chi connectivity index (χ4n) is 12.2. The van der Waals surface area contributed by atoms with Crippen molar-refractivity contribution in [3.8, 4) is 39.7 Å². The van der Waals surface area contributed by atoms with Crippen molar-refractivity contribution >= 4 is 102 Å². The molecule has 0 saturated heterocycles. The van der Waals surface area contributed by atoms with Crippen molar-refractivity contribution in [3.63, 3.8) is 0 Å². The summed E-state index contributed by atoms with van der Waals surface area (Å²) in [6.07, 6.45) is 0. The van der Waals surface area contributed by atoms with Gasteiger partial charge in [0, 0.05) is 67.0 Å². The molecule has 0 aliphatic carbocycles. The quantitative estimate of drug-likeness (QED) is 0.0905. The van der Waals surface area contributed by atoms with Gasteiger partial charge in [0.15, 0.2) is 5.69 Å². The minimum absolute atomic E-state index is 0.604. The van der Waals surface area contributed by atoms with Crippen molar-refractivity contribution in [1.82, 2.24) is 9.13 Å². The second kappa shape index (κ2) is 20.9. The van der Waals surface area contributed by atoms with E-state index >= 15 is 0 Å². The molecule has 6 nitrogen and oxygen atoms in total. The average Bonchev–Trinajstić information content (AvgIpc) is 4.27. The smallest absolute Gasteiger partial charge is 0.187 e. The molecule has 0 fully saturated rings. The lowest BCUT2D eigenvalue weighted by Gasteiger charge is -2.27. The monoisotopic (exact) mass is 1080 g/mol. The van der Waals surface area contributed by atoms with Crippen LogP contribution in [0.3, 0.4) is 0 Å². The first-order valence-electron chi connectivity index (χ1n) is 28.0. The van der Waals surface area contributed by atoms with Gasteiger partial charge in [0.2, 0.25) is 0 Å². The highest BCUT2D eigenvalue weighted by molar-refractivity contribution is 7.00. The van der Waals surface area contributed by atoms with Gasteiger partial charge in [-0.2, -0.15) is 5.26 Å². The summed E-state index contributed by atoms with van der Waals surface area (Å²) in [4.78, 5) is 8.34. The van der Waals surface area contributed by atoms with Gasteiger partial charge >= 0.3 is 0 Å². The van der Waals surface area contributed by atoms with Crippen LogP contribution in [0.25, 0.3) is 82.1 Å². The van der Waals surface area contributed by atoms with Crippen molar-refractivity contribution in [3.05, 3.63) is 308 Å². The van der Waals surface area contributed by atoms with Gasteiger partial charge in [-0.05, 0) is 156 Å². The van der Waals surface area contributed by atoms with Crippen LogP contribution in [0.15, 0.2) is 291 Å². The number of anilines is 6. The van der Waals surface area contributed by atoms with E-state index in [0.717, 1.165) is 95.2 Å². The van der Waals surface area contributed by atoms with Crippen LogP contribution in [-0.2, 0) is 0 Å². The highest BCUT2D eigenvalue weighted by Crippen LogP contribution is 2.43. The number of nitrogens with zero attached hydrogens (tertiary/aromatic N) is 6. The zero-order valence-corrected chi connectivity index (χ0v) is 46.9. The number of benzene rings is 12. The standard InChI is InChI=1S/C76H54N6Si/c1-78-58-36-40-62(41-37-58)80(66-43-45-76-72(51-66)70-31-11-13-33-74(70)82(76)60-24-8-5-9-25-60)64-27-15-19-55(47-64)57-21-17-29-68(49-57)83(2,3)67-28-16-20-56(48-67)54-18-14-26-63(46-54)79(61-38-34-53(52-77)35-39-61)65-42-44-75-71(50-65)69-30-10-12-32-73(69)81(75)59-22-6-4-7-23-59/h4-51H,2-3H3. The molecule has 12 aromatic carbocycles. The molecular formula is C76H54N6Si. The van der Waals surface area contributed by atoms with E-state index in [9.17, 15) is 5.26 Å². The topological polar surface area (TPSA) is 44.5 Å². The summed E-state index contributed by atoms with van der Waals surface area (Å²) in [5.41, 5.74) is 18.6. The summed E-state index contributed by atoms with van der Waals surface area (Å²) in [6.45, 7) is 12.6. The summed E-state index contributed by atoms with van der Waals surface area (Å²) in [7, 11) is -2.30. The maximum absolute atomic E-state index is 9.81. The van der Waals surface area contributed by atoms with Crippen molar-refractivity contribution in [2.45, 2.75) is 13.1 Å². The molecule has 0 aliphatic heterocycles. The van der Waals surface area contributed by atoms with Crippen LogP contribution in [0.4, 0.5) is 39.8 Å². The Kier molecular flexibility index (Phi) is 12.7. The number of aromatic nitrogens is 2. The molecule has 0 radical (unpaired) electrons. The Balaban J connectivity index is 0.807. The van der Waals surface area contributed by atoms with Crippen LogP contribution in [0, 0.1) is 17.9 Å². The lowest BCUT2D eigenvalue weighted by Crippen LogP contribution is -2.52. The first-order chi connectivity index (χ1) is 40.8. The van der Waals surface area contributed by atoms with Gasteiger partial charge in [-0.1, -0.05) is 181 Å². The third kappa shape index (κ3) is 9.09. The summed E-state index contributed by atoms with van der Waals surface area (Å²) in [5, 5.41) is 17.2. The minimum atomic E-state index is -2.30. The van der Waals surface area contributed by atoms with E-state index in [4.69, 9.17) is 6.57 Å². The molecule has 0 saturated carbocycles. The predicted octanol–water partition coefficient (Wildman–Crippen LogP) is 19.4. The molecule has 0 amide bonds. The summed E-state index contributed by atoms with van der Waals surface area (Å²) < 4.78 is 4.69. The number of rotatable bonds is 12. The third-order valence-electron chi connectivity index (χ3n) is 16.4. The zero-order chi connectivity index (χ0) is 56.0. The molecular weight excluding hydrogens is 1020 g/mol. The van der Waals surface area contributed by atoms with Crippen LogP contribution in [0.5, 0.6) is 0 Å². The normalized spacial score (nSPS) is 11.5. The second-order valence-electron chi connectivity index (χ2n) is 21.6. The number of hydrogen-bond donors (Lipinski definition) is 0. The lowest BCUT2D eigenvalue weighted by molar-refractivity contribution is 1.18. The number of fused-ring (bicyclic) bond motifs is 6. The number of hydrogen-bond acceptors (Lipinski definition) is 3.